The summed E-state index contributed by atoms with van der Waals surface area (Å²) in [6.45, 7) is 3.26. The zero-order valence-electron chi connectivity index (χ0n) is 11.0. The van der Waals surface area contributed by atoms with Gasteiger partial charge in [0.2, 0.25) is 0 Å². The number of hydrogen-bond donors (Lipinski definition) is 1. The number of fused-ring (bicyclic) bond motifs is 1. The van der Waals surface area contributed by atoms with Crippen LogP contribution >= 0.6 is 23.1 Å². The molecule has 0 spiro atoms. The predicted octanol–water partition coefficient (Wildman–Crippen LogP) is 4.07. The Morgan fingerprint density at radius 2 is 2.32 bits per heavy atom. The van der Waals surface area contributed by atoms with Gasteiger partial charge in [-0.05, 0) is 18.1 Å². The molecule has 0 radical (unpaired) electrons. The topological polar surface area (TPSA) is 24.9 Å². The highest BCUT2D eigenvalue weighted by Gasteiger charge is 2.23. The molecule has 2 atom stereocenters. The average molecular weight is 290 g/mol. The van der Waals surface area contributed by atoms with Crippen molar-refractivity contribution in [1.82, 2.24) is 10.3 Å². The maximum absolute atomic E-state index is 4.43. The number of hydrogen-bond acceptors (Lipinski definition) is 4. The van der Waals surface area contributed by atoms with E-state index in [4.69, 9.17) is 0 Å². The summed E-state index contributed by atoms with van der Waals surface area (Å²) < 4.78 is 0. The van der Waals surface area contributed by atoms with Crippen molar-refractivity contribution < 1.29 is 0 Å². The second kappa shape index (κ2) is 6.07. The van der Waals surface area contributed by atoms with Crippen LogP contribution in [0.2, 0.25) is 0 Å². The summed E-state index contributed by atoms with van der Waals surface area (Å²) in [7, 11) is 0. The summed E-state index contributed by atoms with van der Waals surface area (Å²) in [6.07, 6.45) is 2.99. The average Bonchev–Trinajstić information content (AvgIpc) is 3.09. The Balaban J connectivity index is 1.64. The predicted molar refractivity (Wildman–Crippen MR) is 83.1 cm³/mol. The highest BCUT2D eigenvalue weighted by Crippen LogP contribution is 2.39. The van der Waals surface area contributed by atoms with Gasteiger partial charge in [-0.15, -0.1) is 23.1 Å². The van der Waals surface area contributed by atoms with Crippen molar-refractivity contribution in [3.63, 3.8) is 0 Å². The highest BCUT2D eigenvalue weighted by molar-refractivity contribution is 7.99. The van der Waals surface area contributed by atoms with Gasteiger partial charge in [-0.3, -0.25) is 0 Å². The normalized spacial score (nSPS) is 19.3. The Hall–Kier alpha value is -0.840. The van der Waals surface area contributed by atoms with Crippen molar-refractivity contribution in [3.8, 4) is 0 Å². The molecule has 0 amide bonds. The molecule has 0 aliphatic carbocycles. The van der Waals surface area contributed by atoms with E-state index in [2.05, 4.69) is 46.9 Å². The lowest BCUT2D eigenvalue weighted by molar-refractivity contribution is 0.496. The molecule has 2 unspecified atom stereocenters. The second-order valence-corrected chi connectivity index (χ2v) is 6.77. The minimum absolute atomic E-state index is 0.401. The van der Waals surface area contributed by atoms with E-state index in [-0.39, 0.29) is 0 Å². The molecule has 100 valence electrons. The lowest BCUT2D eigenvalue weighted by Gasteiger charge is -2.18. The van der Waals surface area contributed by atoms with Crippen molar-refractivity contribution >= 4 is 23.1 Å². The second-order valence-electron chi connectivity index (χ2n) is 4.79. The van der Waals surface area contributed by atoms with Crippen molar-refractivity contribution in [1.29, 1.82) is 0 Å². The lowest BCUT2D eigenvalue weighted by atomic mass is 10.0. The standard InChI is InChI=1S/C15H18N2S2/c1-2-13(15-16-7-8-18-15)17-9-11-10-19-14-6-4-3-5-12(11)14/h3-8,11,13,17H,2,9-10H2,1H3. The van der Waals surface area contributed by atoms with Crippen LogP contribution in [0.15, 0.2) is 40.7 Å². The van der Waals surface area contributed by atoms with E-state index < -0.39 is 0 Å². The highest BCUT2D eigenvalue weighted by atomic mass is 32.2. The summed E-state index contributed by atoms with van der Waals surface area (Å²) in [5.74, 6) is 1.83. The van der Waals surface area contributed by atoms with Gasteiger partial charge >= 0.3 is 0 Å². The number of nitrogens with one attached hydrogen (secondary N) is 1. The smallest absolute Gasteiger partial charge is 0.109 e. The minimum atomic E-state index is 0.401. The van der Waals surface area contributed by atoms with E-state index in [1.54, 1.807) is 11.3 Å². The van der Waals surface area contributed by atoms with Crippen LogP contribution < -0.4 is 5.32 Å². The van der Waals surface area contributed by atoms with Gasteiger partial charge in [0.25, 0.3) is 0 Å². The zero-order chi connectivity index (χ0) is 13.1. The van der Waals surface area contributed by atoms with Crippen molar-refractivity contribution in [3.05, 3.63) is 46.4 Å². The van der Waals surface area contributed by atoms with E-state index in [1.807, 2.05) is 18.0 Å². The third-order valence-corrected chi connectivity index (χ3v) is 5.71. The van der Waals surface area contributed by atoms with Gasteiger partial charge < -0.3 is 5.32 Å². The van der Waals surface area contributed by atoms with E-state index in [1.165, 1.54) is 21.2 Å². The first-order valence-corrected chi connectivity index (χ1v) is 8.59. The molecule has 3 rings (SSSR count). The molecule has 19 heavy (non-hydrogen) atoms. The number of rotatable bonds is 5. The summed E-state index contributed by atoms with van der Waals surface area (Å²) in [6, 6.07) is 9.18. The zero-order valence-corrected chi connectivity index (χ0v) is 12.6. The Labute approximate surface area is 122 Å². The van der Waals surface area contributed by atoms with Crippen LogP contribution in [0, 0.1) is 0 Å². The van der Waals surface area contributed by atoms with Crippen LogP contribution in [0.25, 0.3) is 0 Å². The third kappa shape index (κ3) is 2.86. The number of thiazole rings is 1. The number of aromatic nitrogens is 1. The lowest BCUT2D eigenvalue weighted by Crippen LogP contribution is -2.26. The molecule has 2 heterocycles. The molecular weight excluding hydrogens is 272 g/mol. The minimum Gasteiger partial charge on any atom is -0.307 e. The summed E-state index contributed by atoms with van der Waals surface area (Å²) in [4.78, 5) is 5.88. The van der Waals surface area contributed by atoms with Gasteiger partial charge in [0, 0.05) is 34.7 Å². The summed E-state index contributed by atoms with van der Waals surface area (Å²) in [5.41, 5.74) is 1.51. The number of thioether (sulfide) groups is 1. The van der Waals surface area contributed by atoms with Crippen LogP contribution in [0.1, 0.15) is 35.9 Å². The Morgan fingerprint density at radius 3 is 3.11 bits per heavy atom. The van der Waals surface area contributed by atoms with Crippen LogP contribution in [0.4, 0.5) is 0 Å². The first-order chi connectivity index (χ1) is 9.38. The maximum Gasteiger partial charge on any atom is 0.109 e. The molecule has 1 aromatic heterocycles. The molecule has 0 saturated carbocycles. The number of nitrogens with zero attached hydrogens (tertiary/aromatic N) is 1. The van der Waals surface area contributed by atoms with Gasteiger partial charge in [0.05, 0.1) is 6.04 Å². The van der Waals surface area contributed by atoms with Crippen LogP contribution in [0.5, 0.6) is 0 Å². The fourth-order valence-electron chi connectivity index (χ4n) is 2.50. The first-order valence-electron chi connectivity index (χ1n) is 6.73. The van der Waals surface area contributed by atoms with Crippen molar-refractivity contribution in [2.45, 2.75) is 30.2 Å². The van der Waals surface area contributed by atoms with Gasteiger partial charge in [-0.2, -0.15) is 0 Å². The van der Waals surface area contributed by atoms with E-state index >= 15 is 0 Å². The Kier molecular flexibility index (Phi) is 4.21. The van der Waals surface area contributed by atoms with Gasteiger partial charge in [0.1, 0.15) is 5.01 Å². The molecule has 1 N–H and O–H groups in total. The number of benzene rings is 1. The van der Waals surface area contributed by atoms with Crippen molar-refractivity contribution in [2.75, 3.05) is 12.3 Å². The Morgan fingerprint density at radius 1 is 1.42 bits per heavy atom. The largest absolute Gasteiger partial charge is 0.307 e. The fourth-order valence-corrected chi connectivity index (χ4v) is 4.55. The molecule has 0 fully saturated rings. The van der Waals surface area contributed by atoms with E-state index in [0.29, 0.717) is 12.0 Å². The van der Waals surface area contributed by atoms with Gasteiger partial charge in [0.15, 0.2) is 0 Å². The summed E-state index contributed by atoms with van der Waals surface area (Å²) in [5, 5.41) is 6.95. The summed E-state index contributed by atoms with van der Waals surface area (Å²) >= 11 is 3.72. The SMILES string of the molecule is CCC(NCC1CSc2ccccc21)c1nccs1. The molecule has 1 aromatic carbocycles. The van der Waals surface area contributed by atoms with E-state index in [0.717, 1.165) is 13.0 Å². The monoisotopic (exact) mass is 290 g/mol. The molecule has 1 aliphatic rings. The fraction of sp³-hybridized carbons (Fsp3) is 0.400. The first kappa shape index (κ1) is 13.2. The van der Waals surface area contributed by atoms with Crippen LogP contribution in [-0.2, 0) is 0 Å². The van der Waals surface area contributed by atoms with Crippen LogP contribution in [0.3, 0.4) is 0 Å². The third-order valence-electron chi connectivity index (χ3n) is 3.57. The van der Waals surface area contributed by atoms with Gasteiger partial charge in [-0.1, -0.05) is 25.1 Å². The molecule has 4 heteroatoms. The molecule has 2 nitrogen and oxygen atoms in total. The quantitative estimate of drug-likeness (QED) is 0.898. The molecule has 1 aliphatic heterocycles. The maximum atomic E-state index is 4.43. The van der Waals surface area contributed by atoms with E-state index in [9.17, 15) is 0 Å². The molecular formula is C15H18N2S2. The molecule has 0 bridgehead atoms. The molecule has 0 saturated heterocycles. The van der Waals surface area contributed by atoms with Crippen LogP contribution in [-0.4, -0.2) is 17.3 Å². The van der Waals surface area contributed by atoms with Crippen molar-refractivity contribution in [2.24, 2.45) is 0 Å². The Bertz CT molecular complexity index is 525. The molecule has 2 aromatic rings. The van der Waals surface area contributed by atoms with Gasteiger partial charge in [-0.25, -0.2) is 4.98 Å².